The van der Waals surface area contributed by atoms with E-state index in [1.54, 1.807) is 18.2 Å². The smallest absolute Gasteiger partial charge is 0.140 e. The number of ether oxygens (including phenoxy) is 1. The van der Waals surface area contributed by atoms with Crippen LogP contribution < -0.4 is 10.5 Å². The second kappa shape index (κ2) is 4.85. The average Bonchev–Trinajstić information content (AvgIpc) is 2.80. The molecule has 2 N–H and O–H groups in total. The Balaban J connectivity index is 1.76. The molecule has 0 saturated carbocycles. The highest BCUT2D eigenvalue weighted by Crippen LogP contribution is 2.24. The fourth-order valence-corrected chi connectivity index (χ4v) is 2.62. The normalized spacial score (nSPS) is 10.8. The predicted molar refractivity (Wildman–Crippen MR) is 74.8 cm³/mol. The summed E-state index contributed by atoms with van der Waals surface area (Å²) in [6.45, 7) is 0.366. The maximum absolute atomic E-state index is 13.1. The molecule has 0 saturated heterocycles. The van der Waals surface area contributed by atoms with Gasteiger partial charge in [0.15, 0.2) is 0 Å². The van der Waals surface area contributed by atoms with E-state index in [4.69, 9.17) is 10.5 Å². The Morgan fingerprint density at radius 3 is 2.74 bits per heavy atom. The quantitative estimate of drug-likeness (QED) is 0.742. The van der Waals surface area contributed by atoms with Gasteiger partial charge in [0.1, 0.15) is 23.2 Å². The van der Waals surface area contributed by atoms with Gasteiger partial charge < -0.3 is 10.5 Å². The molecule has 0 aliphatic heterocycles. The number of hydrogen-bond acceptors (Lipinski definition) is 4. The lowest BCUT2D eigenvalue weighted by Gasteiger charge is -2.03. The molecule has 0 bridgehead atoms. The third kappa shape index (κ3) is 2.66. The zero-order valence-electron chi connectivity index (χ0n) is 9.97. The van der Waals surface area contributed by atoms with E-state index in [0.29, 0.717) is 12.3 Å². The Hall–Kier alpha value is -2.14. The highest BCUT2D eigenvalue weighted by Gasteiger charge is 2.05. The van der Waals surface area contributed by atoms with Crippen molar-refractivity contribution in [3.8, 4) is 5.75 Å². The molecule has 0 unspecified atom stereocenters. The van der Waals surface area contributed by atoms with Crippen molar-refractivity contribution in [2.75, 3.05) is 5.73 Å². The molecule has 0 radical (unpaired) electrons. The Kier molecular flexibility index (Phi) is 3.05. The summed E-state index contributed by atoms with van der Waals surface area (Å²) in [6, 6.07) is 11.7. The average molecular weight is 274 g/mol. The van der Waals surface area contributed by atoms with Gasteiger partial charge in [-0.15, -0.1) is 11.3 Å². The maximum Gasteiger partial charge on any atom is 0.140 e. The number of fused-ring (bicyclic) bond motifs is 1. The van der Waals surface area contributed by atoms with Crippen molar-refractivity contribution in [2.24, 2.45) is 0 Å². The van der Waals surface area contributed by atoms with Crippen LogP contribution >= 0.6 is 11.3 Å². The molecule has 5 heteroatoms. The van der Waals surface area contributed by atoms with Crippen LogP contribution in [0, 0.1) is 5.82 Å². The van der Waals surface area contributed by atoms with E-state index in [0.717, 1.165) is 21.0 Å². The van der Waals surface area contributed by atoms with Crippen LogP contribution in [0.15, 0.2) is 42.5 Å². The van der Waals surface area contributed by atoms with Gasteiger partial charge in [-0.25, -0.2) is 9.37 Å². The Morgan fingerprint density at radius 2 is 1.95 bits per heavy atom. The minimum Gasteiger partial charge on any atom is -0.486 e. The van der Waals surface area contributed by atoms with Gasteiger partial charge in [0, 0.05) is 5.69 Å². The van der Waals surface area contributed by atoms with E-state index in [-0.39, 0.29) is 5.82 Å². The number of nitrogens with zero attached hydrogens (tertiary/aromatic N) is 1. The lowest BCUT2D eigenvalue weighted by molar-refractivity contribution is 0.306. The molecule has 96 valence electrons. The lowest BCUT2D eigenvalue weighted by atomic mass is 10.3. The first kappa shape index (κ1) is 11.9. The van der Waals surface area contributed by atoms with Crippen molar-refractivity contribution >= 4 is 27.2 Å². The molecule has 3 nitrogen and oxygen atoms in total. The monoisotopic (exact) mass is 274 g/mol. The first-order valence-electron chi connectivity index (χ1n) is 5.74. The van der Waals surface area contributed by atoms with Crippen molar-refractivity contribution in [1.29, 1.82) is 0 Å². The van der Waals surface area contributed by atoms with Crippen LogP contribution in [0.5, 0.6) is 5.75 Å². The molecule has 3 aromatic rings. The minimum atomic E-state index is -0.248. The largest absolute Gasteiger partial charge is 0.486 e. The van der Waals surface area contributed by atoms with Gasteiger partial charge in [-0.2, -0.15) is 0 Å². The molecule has 19 heavy (non-hydrogen) atoms. The summed E-state index contributed by atoms with van der Waals surface area (Å²) < 4.78 is 19.5. The van der Waals surface area contributed by atoms with Crippen LogP contribution in [0.3, 0.4) is 0 Å². The highest BCUT2D eigenvalue weighted by atomic mass is 32.1. The van der Waals surface area contributed by atoms with Crippen LogP contribution in [0.4, 0.5) is 10.1 Å². The van der Waals surface area contributed by atoms with Gasteiger partial charge in [0.2, 0.25) is 0 Å². The second-order valence-electron chi connectivity index (χ2n) is 4.08. The number of nitrogens with two attached hydrogens (primary N) is 1. The van der Waals surface area contributed by atoms with E-state index in [1.807, 2.05) is 12.1 Å². The molecular formula is C14H11FN2OS. The van der Waals surface area contributed by atoms with E-state index >= 15 is 0 Å². The van der Waals surface area contributed by atoms with E-state index in [2.05, 4.69) is 4.98 Å². The molecule has 3 rings (SSSR count). The Morgan fingerprint density at radius 1 is 1.16 bits per heavy atom. The summed E-state index contributed by atoms with van der Waals surface area (Å²) in [5.74, 6) is 0.488. The van der Waals surface area contributed by atoms with Gasteiger partial charge in [-0.1, -0.05) is 0 Å². The third-order valence-corrected chi connectivity index (χ3v) is 3.63. The molecule has 1 heterocycles. The summed E-state index contributed by atoms with van der Waals surface area (Å²) in [4.78, 5) is 4.39. The fourth-order valence-electron chi connectivity index (χ4n) is 1.72. The number of aromatic nitrogens is 1. The first-order chi connectivity index (χ1) is 9.20. The highest BCUT2D eigenvalue weighted by molar-refractivity contribution is 7.18. The van der Waals surface area contributed by atoms with Gasteiger partial charge >= 0.3 is 0 Å². The summed E-state index contributed by atoms with van der Waals surface area (Å²) in [5.41, 5.74) is 7.09. The van der Waals surface area contributed by atoms with Crippen LogP contribution in [0.2, 0.25) is 0 Å². The zero-order chi connectivity index (χ0) is 13.2. The molecule has 1 aromatic heterocycles. The van der Waals surface area contributed by atoms with Crippen LogP contribution in [-0.4, -0.2) is 4.98 Å². The molecule has 0 aliphatic carbocycles. The standard InChI is InChI=1S/C14H11FN2OS/c15-9-1-6-12-13(7-9)19-14(17-12)8-18-11-4-2-10(16)3-5-11/h1-7H,8,16H2. The number of thiazole rings is 1. The van der Waals surface area contributed by atoms with Crippen molar-refractivity contribution < 1.29 is 9.13 Å². The van der Waals surface area contributed by atoms with Crippen molar-refractivity contribution in [1.82, 2.24) is 4.98 Å². The lowest BCUT2D eigenvalue weighted by Crippen LogP contribution is -1.94. The van der Waals surface area contributed by atoms with Crippen LogP contribution in [-0.2, 0) is 6.61 Å². The van der Waals surface area contributed by atoms with Gasteiger partial charge in [-0.05, 0) is 42.5 Å². The molecule has 0 aliphatic rings. The third-order valence-electron chi connectivity index (χ3n) is 2.64. The number of halogens is 1. The van der Waals surface area contributed by atoms with Crippen molar-refractivity contribution in [3.05, 3.63) is 53.3 Å². The summed E-state index contributed by atoms with van der Waals surface area (Å²) in [7, 11) is 0. The fraction of sp³-hybridized carbons (Fsp3) is 0.0714. The number of anilines is 1. The number of benzene rings is 2. The maximum atomic E-state index is 13.1. The Bertz CT molecular complexity index is 709. The number of rotatable bonds is 3. The summed E-state index contributed by atoms with van der Waals surface area (Å²) in [5, 5.41) is 0.817. The number of nitrogen functional groups attached to an aromatic ring is 1. The van der Waals surface area contributed by atoms with E-state index < -0.39 is 0 Å². The van der Waals surface area contributed by atoms with Gasteiger partial charge in [-0.3, -0.25) is 0 Å². The van der Waals surface area contributed by atoms with Crippen LogP contribution in [0.1, 0.15) is 5.01 Å². The zero-order valence-corrected chi connectivity index (χ0v) is 10.8. The predicted octanol–water partition coefficient (Wildman–Crippen LogP) is 3.60. The SMILES string of the molecule is Nc1ccc(OCc2nc3ccc(F)cc3s2)cc1. The molecule has 0 atom stereocenters. The van der Waals surface area contributed by atoms with E-state index in [9.17, 15) is 4.39 Å². The van der Waals surface area contributed by atoms with Crippen molar-refractivity contribution in [2.45, 2.75) is 6.61 Å². The first-order valence-corrected chi connectivity index (χ1v) is 6.56. The molecular weight excluding hydrogens is 263 g/mol. The summed E-state index contributed by atoms with van der Waals surface area (Å²) >= 11 is 1.43. The number of hydrogen-bond donors (Lipinski definition) is 1. The van der Waals surface area contributed by atoms with Gasteiger partial charge in [0.05, 0.1) is 10.2 Å². The molecule has 0 fully saturated rings. The minimum absolute atomic E-state index is 0.248. The molecule has 2 aromatic carbocycles. The van der Waals surface area contributed by atoms with Crippen molar-refractivity contribution in [3.63, 3.8) is 0 Å². The Labute approximate surface area is 113 Å². The second-order valence-corrected chi connectivity index (χ2v) is 5.19. The van der Waals surface area contributed by atoms with E-state index in [1.165, 1.54) is 23.5 Å². The molecule has 0 spiro atoms. The van der Waals surface area contributed by atoms with Gasteiger partial charge in [0.25, 0.3) is 0 Å². The summed E-state index contributed by atoms with van der Waals surface area (Å²) in [6.07, 6.45) is 0. The van der Waals surface area contributed by atoms with Crippen LogP contribution in [0.25, 0.3) is 10.2 Å². The topological polar surface area (TPSA) is 48.1 Å². The molecule has 0 amide bonds.